The summed E-state index contributed by atoms with van der Waals surface area (Å²) in [6.45, 7) is 0. The van der Waals surface area contributed by atoms with Crippen LogP contribution in [0.15, 0.2) is 42.5 Å². The number of nitrogens with one attached hydrogen (secondary N) is 2. The predicted molar refractivity (Wildman–Crippen MR) is 93.1 cm³/mol. The molecule has 0 radical (unpaired) electrons. The van der Waals surface area contributed by atoms with Gasteiger partial charge in [-0.05, 0) is 42.5 Å². The number of carbonyl (C=O) groups excluding carboxylic acids is 1. The van der Waals surface area contributed by atoms with E-state index in [1.807, 2.05) is 12.1 Å². The molecule has 0 atom stereocenters. The lowest BCUT2D eigenvalue weighted by Gasteiger charge is -2.12. The molecule has 4 nitrogen and oxygen atoms in total. The van der Waals surface area contributed by atoms with E-state index in [0.29, 0.717) is 27.0 Å². The first-order valence-electron chi connectivity index (χ1n) is 6.21. The van der Waals surface area contributed by atoms with E-state index in [1.165, 1.54) is 12.1 Å². The summed E-state index contributed by atoms with van der Waals surface area (Å²) in [5.41, 5.74) is 0.973. The number of hydrogen-bond acceptors (Lipinski definition) is 3. The molecule has 0 fully saturated rings. The highest BCUT2D eigenvalue weighted by atomic mass is 35.5. The van der Waals surface area contributed by atoms with E-state index in [9.17, 15) is 4.79 Å². The maximum Gasteiger partial charge on any atom is 0.257 e. The van der Waals surface area contributed by atoms with E-state index < -0.39 is 5.91 Å². The lowest BCUT2D eigenvalue weighted by molar-refractivity contribution is 0.0977. The predicted octanol–water partition coefficient (Wildman–Crippen LogP) is 4.13. The average molecular weight is 355 g/mol. The van der Waals surface area contributed by atoms with Gasteiger partial charge in [0, 0.05) is 15.6 Å². The monoisotopic (exact) mass is 354 g/mol. The number of carbonyl (C=O) groups is 1. The van der Waals surface area contributed by atoms with E-state index in [0.717, 1.165) is 0 Å². The van der Waals surface area contributed by atoms with Crippen LogP contribution in [-0.2, 0) is 0 Å². The largest absolute Gasteiger partial charge is 0.495 e. The van der Waals surface area contributed by atoms with Gasteiger partial charge in [0.25, 0.3) is 5.91 Å². The van der Waals surface area contributed by atoms with E-state index >= 15 is 0 Å². The molecular formula is C15H12Cl2N2O2S. The second-order valence-corrected chi connectivity index (χ2v) is 5.55. The molecule has 2 aromatic carbocycles. The molecule has 0 saturated carbocycles. The number of benzene rings is 2. The summed E-state index contributed by atoms with van der Waals surface area (Å²) in [6, 6.07) is 11.8. The number of rotatable bonds is 3. The fourth-order valence-corrected chi connectivity index (χ4v) is 2.49. The Labute approximate surface area is 143 Å². The maximum atomic E-state index is 12.1. The molecule has 1 amide bonds. The SMILES string of the molecule is COc1ccccc1NC(=S)NC(=O)c1cc(Cl)cc(Cl)c1. The summed E-state index contributed by atoms with van der Waals surface area (Å²) >= 11 is 16.9. The highest BCUT2D eigenvalue weighted by Crippen LogP contribution is 2.23. The zero-order chi connectivity index (χ0) is 16.1. The topological polar surface area (TPSA) is 50.4 Å². The van der Waals surface area contributed by atoms with Gasteiger partial charge in [-0.3, -0.25) is 10.1 Å². The Hall–Kier alpha value is -1.82. The van der Waals surface area contributed by atoms with Gasteiger partial charge in [0.05, 0.1) is 12.8 Å². The van der Waals surface area contributed by atoms with Gasteiger partial charge in [-0.25, -0.2) is 0 Å². The van der Waals surface area contributed by atoms with Crippen molar-refractivity contribution < 1.29 is 9.53 Å². The molecule has 0 saturated heterocycles. The van der Waals surface area contributed by atoms with Crippen molar-refractivity contribution in [2.45, 2.75) is 0 Å². The third-order valence-corrected chi connectivity index (χ3v) is 3.35. The number of anilines is 1. The second kappa shape index (κ2) is 7.45. The number of methoxy groups -OCH3 is 1. The van der Waals surface area contributed by atoms with E-state index in [2.05, 4.69) is 10.6 Å². The molecule has 22 heavy (non-hydrogen) atoms. The Morgan fingerprint density at radius 1 is 1.14 bits per heavy atom. The lowest BCUT2D eigenvalue weighted by atomic mass is 10.2. The standard InChI is InChI=1S/C15H12Cl2N2O2S/c1-21-13-5-3-2-4-12(13)18-15(22)19-14(20)9-6-10(16)8-11(17)7-9/h2-8H,1H3,(H2,18,19,20,22). The fraction of sp³-hybridized carbons (Fsp3) is 0.0667. The van der Waals surface area contributed by atoms with Crippen LogP contribution in [0.3, 0.4) is 0 Å². The van der Waals surface area contributed by atoms with Crippen molar-refractivity contribution in [3.63, 3.8) is 0 Å². The van der Waals surface area contributed by atoms with Gasteiger partial charge < -0.3 is 10.1 Å². The fourth-order valence-electron chi connectivity index (χ4n) is 1.76. The van der Waals surface area contributed by atoms with Crippen molar-refractivity contribution in [2.24, 2.45) is 0 Å². The highest BCUT2D eigenvalue weighted by molar-refractivity contribution is 7.80. The van der Waals surface area contributed by atoms with Crippen LogP contribution in [0.5, 0.6) is 5.75 Å². The first-order valence-corrected chi connectivity index (χ1v) is 7.37. The van der Waals surface area contributed by atoms with Gasteiger partial charge in [0.2, 0.25) is 0 Å². The van der Waals surface area contributed by atoms with Crippen LogP contribution in [0.4, 0.5) is 5.69 Å². The van der Waals surface area contributed by atoms with Crippen molar-refractivity contribution in [1.29, 1.82) is 0 Å². The smallest absolute Gasteiger partial charge is 0.257 e. The van der Waals surface area contributed by atoms with Crippen LogP contribution in [-0.4, -0.2) is 18.1 Å². The van der Waals surface area contributed by atoms with Crippen molar-refractivity contribution in [1.82, 2.24) is 5.32 Å². The van der Waals surface area contributed by atoms with Crippen molar-refractivity contribution in [2.75, 3.05) is 12.4 Å². The van der Waals surface area contributed by atoms with Crippen LogP contribution >= 0.6 is 35.4 Å². The molecule has 2 aromatic rings. The number of amides is 1. The third kappa shape index (κ3) is 4.34. The van der Waals surface area contributed by atoms with E-state index in [1.54, 1.807) is 25.3 Å². The van der Waals surface area contributed by atoms with Crippen LogP contribution in [0, 0.1) is 0 Å². The molecule has 0 heterocycles. The van der Waals surface area contributed by atoms with Gasteiger partial charge in [-0.2, -0.15) is 0 Å². The summed E-state index contributed by atoms with van der Waals surface area (Å²) in [7, 11) is 1.55. The number of ether oxygens (including phenoxy) is 1. The zero-order valence-corrected chi connectivity index (χ0v) is 13.9. The molecule has 114 valence electrons. The molecule has 2 rings (SSSR count). The quantitative estimate of drug-likeness (QED) is 0.813. The minimum absolute atomic E-state index is 0.144. The lowest BCUT2D eigenvalue weighted by Crippen LogP contribution is -2.34. The molecule has 0 bridgehead atoms. The van der Waals surface area contributed by atoms with Gasteiger partial charge in [0.15, 0.2) is 5.11 Å². The number of para-hydroxylation sites is 2. The van der Waals surface area contributed by atoms with Crippen LogP contribution in [0.25, 0.3) is 0 Å². The number of hydrogen-bond donors (Lipinski definition) is 2. The van der Waals surface area contributed by atoms with Gasteiger partial charge in [0.1, 0.15) is 5.75 Å². The Kier molecular flexibility index (Phi) is 5.60. The average Bonchev–Trinajstić information content (AvgIpc) is 2.46. The van der Waals surface area contributed by atoms with E-state index in [-0.39, 0.29) is 5.11 Å². The molecule has 7 heteroatoms. The molecule has 0 spiro atoms. The molecule has 0 aliphatic heterocycles. The molecule has 0 aliphatic rings. The minimum atomic E-state index is -0.406. The van der Waals surface area contributed by atoms with Crippen LogP contribution in [0.1, 0.15) is 10.4 Å². The number of thiocarbonyl (C=S) groups is 1. The Bertz CT molecular complexity index is 702. The summed E-state index contributed by atoms with van der Waals surface area (Å²) in [4.78, 5) is 12.1. The Balaban J connectivity index is 2.07. The maximum absolute atomic E-state index is 12.1. The Morgan fingerprint density at radius 3 is 2.41 bits per heavy atom. The first-order chi connectivity index (χ1) is 10.5. The van der Waals surface area contributed by atoms with Gasteiger partial charge in [-0.1, -0.05) is 35.3 Å². The van der Waals surface area contributed by atoms with Crippen LogP contribution in [0.2, 0.25) is 10.0 Å². The third-order valence-electron chi connectivity index (χ3n) is 2.71. The van der Waals surface area contributed by atoms with Crippen LogP contribution < -0.4 is 15.4 Å². The molecular weight excluding hydrogens is 343 g/mol. The van der Waals surface area contributed by atoms with Gasteiger partial charge in [-0.15, -0.1) is 0 Å². The van der Waals surface area contributed by atoms with Crippen molar-refractivity contribution >= 4 is 52.1 Å². The van der Waals surface area contributed by atoms with Gasteiger partial charge >= 0.3 is 0 Å². The summed E-state index contributed by atoms with van der Waals surface area (Å²) in [5.74, 6) is 0.210. The first kappa shape index (κ1) is 16.5. The minimum Gasteiger partial charge on any atom is -0.495 e. The van der Waals surface area contributed by atoms with Crippen molar-refractivity contribution in [3.05, 3.63) is 58.1 Å². The Morgan fingerprint density at radius 2 is 1.77 bits per heavy atom. The summed E-state index contributed by atoms with van der Waals surface area (Å²) in [6.07, 6.45) is 0. The molecule has 0 aliphatic carbocycles. The second-order valence-electron chi connectivity index (χ2n) is 4.27. The molecule has 0 aromatic heterocycles. The molecule has 2 N–H and O–H groups in total. The van der Waals surface area contributed by atoms with Crippen molar-refractivity contribution in [3.8, 4) is 5.75 Å². The highest BCUT2D eigenvalue weighted by Gasteiger charge is 2.11. The molecule has 0 unspecified atom stereocenters. The summed E-state index contributed by atoms with van der Waals surface area (Å²) < 4.78 is 5.20. The summed E-state index contributed by atoms with van der Waals surface area (Å²) in [5, 5.41) is 6.36. The number of halogens is 2. The normalized spacial score (nSPS) is 9.95. The zero-order valence-electron chi connectivity index (χ0n) is 11.5. The van der Waals surface area contributed by atoms with E-state index in [4.69, 9.17) is 40.2 Å².